The van der Waals surface area contributed by atoms with Crippen LogP contribution >= 0.6 is 0 Å². The first-order valence-electron chi connectivity index (χ1n) is 10.9. The molecule has 180 valence electrons. The molecule has 35 heavy (non-hydrogen) atoms. The maximum absolute atomic E-state index is 13.4. The lowest BCUT2D eigenvalue weighted by Crippen LogP contribution is -2.29. The van der Waals surface area contributed by atoms with E-state index in [9.17, 15) is 27.9 Å². The number of ketones is 1. The number of hydrogen-bond donors (Lipinski definition) is 1. The van der Waals surface area contributed by atoms with Crippen molar-refractivity contribution in [1.29, 1.82) is 0 Å². The lowest BCUT2D eigenvalue weighted by atomic mass is 9.94. The number of benzene rings is 3. The number of anilines is 1. The van der Waals surface area contributed by atoms with E-state index in [2.05, 4.69) is 0 Å². The third-order valence-corrected chi connectivity index (χ3v) is 5.69. The number of hydrogen-bond acceptors (Lipinski definition) is 4. The van der Waals surface area contributed by atoms with E-state index >= 15 is 0 Å². The average Bonchev–Trinajstić information content (AvgIpc) is 3.09. The Bertz CT molecular complexity index is 1310. The molecule has 0 saturated carbocycles. The molecule has 1 saturated heterocycles. The highest BCUT2D eigenvalue weighted by Gasteiger charge is 2.47. The summed E-state index contributed by atoms with van der Waals surface area (Å²) in [6, 6.07) is 16.3. The number of aryl methyl sites for hydroxylation is 1. The summed E-state index contributed by atoms with van der Waals surface area (Å²) in [5.74, 6) is -1.88. The molecule has 1 atom stereocenters. The second kappa shape index (κ2) is 9.29. The molecule has 3 aromatic carbocycles. The fraction of sp³-hybridized carbons (Fsp3) is 0.185. The fourth-order valence-electron chi connectivity index (χ4n) is 4.12. The average molecular weight is 481 g/mol. The third kappa shape index (κ3) is 4.64. The summed E-state index contributed by atoms with van der Waals surface area (Å²) in [5, 5.41) is 11.1. The Hall–Kier alpha value is -4.07. The van der Waals surface area contributed by atoms with Crippen LogP contribution in [0.2, 0.25) is 0 Å². The molecule has 1 heterocycles. The van der Waals surface area contributed by atoms with Crippen molar-refractivity contribution in [3.8, 4) is 5.75 Å². The fourth-order valence-corrected chi connectivity index (χ4v) is 4.12. The van der Waals surface area contributed by atoms with Gasteiger partial charge in [-0.2, -0.15) is 13.2 Å². The highest BCUT2D eigenvalue weighted by atomic mass is 19.4. The van der Waals surface area contributed by atoms with Crippen molar-refractivity contribution in [2.45, 2.75) is 26.1 Å². The monoisotopic (exact) mass is 481 g/mol. The number of aliphatic hydroxyl groups is 1. The van der Waals surface area contributed by atoms with Gasteiger partial charge in [-0.3, -0.25) is 14.5 Å². The first-order chi connectivity index (χ1) is 16.6. The van der Waals surface area contributed by atoms with Crippen LogP contribution in [0.4, 0.5) is 18.9 Å². The highest BCUT2D eigenvalue weighted by molar-refractivity contribution is 6.51. The van der Waals surface area contributed by atoms with Gasteiger partial charge in [0.1, 0.15) is 11.5 Å². The predicted molar refractivity (Wildman–Crippen MR) is 125 cm³/mol. The Balaban J connectivity index is 1.91. The van der Waals surface area contributed by atoms with Crippen LogP contribution in [0.25, 0.3) is 5.76 Å². The van der Waals surface area contributed by atoms with Crippen LogP contribution in [0.3, 0.4) is 0 Å². The normalized spacial score (nSPS) is 17.6. The van der Waals surface area contributed by atoms with Gasteiger partial charge in [0, 0.05) is 11.3 Å². The third-order valence-electron chi connectivity index (χ3n) is 5.69. The zero-order chi connectivity index (χ0) is 25.3. The molecule has 8 heteroatoms. The Morgan fingerprint density at radius 3 is 2.31 bits per heavy atom. The summed E-state index contributed by atoms with van der Waals surface area (Å²) in [4.78, 5) is 27.3. The van der Waals surface area contributed by atoms with Crippen LogP contribution in [-0.2, 0) is 15.8 Å². The zero-order valence-corrected chi connectivity index (χ0v) is 19.0. The van der Waals surface area contributed by atoms with Crippen LogP contribution < -0.4 is 9.64 Å². The summed E-state index contributed by atoms with van der Waals surface area (Å²) in [7, 11) is 0. The van der Waals surface area contributed by atoms with Gasteiger partial charge < -0.3 is 9.84 Å². The summed E-state index contributed by atoms with van der Waals surface area (Å²) < 4.78 is 45.6. The van der Waals surface area contributed by atoms with E-state index in [0.717, 1.165) is 22.6 Å². The minimum Gasteiger partial charge on any atom is -0.507 e. The SMILES string of the molecule is CCOc1ccc(/C(O)=C2\C(=O)C(=O)N(c3cccc(C(F)(F)F)c3)C2c2cccc(C)c2)cc1. The minimum atomic E-state index is -4.63. The van der Waals surface area contributed by atoms with E-state index < -0.39 is 35.2 Å². The zero-order valence-electron chi connectivity index (χ0n) is 19.0. The van der Waals surface area contributed by atoms with Crippen molar-refractivity contribution in [3.05, 3.63) is 101 Å². The molecule has 0 spiro atoms. The lowest BCUT2D eigenvalue weighted by Gasteiger charge is -2.26. The molecule has 1 fully saturated rings. The summed E-state index contributed by atoms with van der Waals surface area (Å²) in [6.07, 6.45) is -4.63. The molecule has 1 N–H and O–H groups in total. The van der Waals surface area contributed by atoms with Crippen LogP contribution in [0, 0.1) is 6.92 Å². The van der Waals surface area contributed by atoms with E-state index in [1.807, 2.05) is 19.9 Å². The number of carbonyl (C=O) groups excluding carboxylic acids is 2. The lowest BCUT2D eigenvalue weighted by molar-refractivity contribution is -0.137. The smallest absolute Gasteiger partial charge is 0.416 e. The van der Waals surface area contributed by atoms with Crippen molar-refractivity contribution in [1.82, 2.24) is 0 Å². The number of nitrogens with zero attached hydrogens (tertiary/aromatic N) is 1. The Morgan fingerprint density at radius 2 is 1.69 bits per heavy atom. The van der Waals surface area contributed by atoms with Gasteiger partial charge in [0.15, 0.2) is 0 Å². The highest BCUT2D eigenvalue weighted by Crippen LogP contribution is 2.43. The van der Waals surface area contributed by atoms with E-state index in [0.29, 0.717) is 17.9 Å². The molecule has 0 aliphatic carbocycles. The van der Waals surface area contributed by atoms with Crippen molar-refractivity contribution in [2.24, 2.45) is 0 Å². The van der Waals surface area contributed by atoms with E-state index in [4.69, 9.17) is 4.74 Å². The first kappa shape index (κ1) is 24.1. The molecule has 0 aromatic heterocycles. The summed E-state index contributed by atoms with van der Waals surface area (Å²) in [6.45, 7) is 4.08. The minimum absolute atomic E-state index is 0.0980. The standard InChI is InChI=1S/C27H22F3NO4/c1-3-35-21-12-10-17(11-13-21)24(32)22-23(18-7-4-6-16(2)14-18)31(26(34)25(22)33)20-9-5-8-19(15-20)27(28,29)30/h4-15,23,32H,3H2,1-2H3/b24-22+. The summed E-state index contributed by atoms with van der Waals surface area (Å²) in [5.41, 5.74) is 0.313. The summed E-state index contributed by atoms with van der Waals surface area (Å²) >= 11 is 0. The van der Waals surface area contributed by atoms with Crippen LogP contribution in [0.5, 0.6) is 5.75 Å². The molecule has 5 nitrogen and oxygen atoms in total. The second-order valence-electron chi connectivity index (χ2n) is 8.09. The Labute approximate surface area is 200 Å². The van der Waals surface area contributed by atoms with Gasteiger partial charge in [-0.15, -0.1) is 0 Å². The quantitative estimate of drug-likeness (QED) is 0.274. The number of amides is 1. The predicted octanol–water partition coefficient (Wildman–Crippen LogP) is 6.04. The molecule has 3 aromatic rings. The van der Waals surface area contributed by atoms with Gasteiger partial charge in [-0.25, -0.2) is 0 Å². The number of ether oxygens (including phenoxy) is 1. The molecule has 4 rings (SSSR count). The number of carbonyl (C=O) groups is 2. The van der Waals surface area contributed by atoms with Crippen molar-refractivity contribution >= 4 is 23.1 Å². The van der Waals surface area contributed by atoms with Crippen molar-refractivity contribution in [2.75, 3.05) is 11.5 Å². The molecular weight excluding hydrogens is 459 g/mol. The van der Waals surface area contributed by atoms with Crippen molar-refractivity contribution in [3.63, 3.8) is 0 Å². The number of aliphatic hydroxyl groups excluding tert-OH is 1. The van der Waals surface area contributed by atoms with Crippen molar-refractivity contribution < 1.29 is 32.6 Å². The van der Waals surface area contributed by atoms with Gasteiger partial charge >= 0.3 is 6.18 Å². The molecular formula is C27H22F3NO4. The second-order valence-corrected chi connectivity index (χ2v) is 8.09. The van der Waals surface area contributed by atoms with E-state index in [1.54, 1.807) is 42.5 Å². The van der Waals surface area contributed by atoms with Crippen LogP contribution in [0.1, 0.15) is 35.2 Å². The molecule has 1 amide bonds. The van der Waals surface area contributed by atoms with E-state index in [-0.39, 0.29) is 16.8 Å². The maximum atomic E-state index is 13.4. The Morgan fingerprint density at radius 1 is 1.00 bits per heavy atom. The molecule has 1 unspecified atom stereocenters. The molecule has 1 aliphatic rings. The number of rotatable bonds is 5. The topological polar surface area (TPSA) is 66.8 Å². The molecule has 1 aliphatic heterocycles. The number of alkyl halides is 3. The van der Waals surface area contributed by atoms with Crippen LogP contribution in [-0.4, -0.2) is 23.4 Å². The van der Waals surface area contributed by atoms with Crippen LogP contribution in [0.15, 0.2) is 78.4 Å². The Kier molecular flexibility index (Phi) is 6.39. The van der Waals surface area contributed by atoms with Gasteiger partial charge in [-0.05, 0) is 61.9 Å². The van der Waals surface area contributed by atoms with E-state index in [1.165, 1.54) is 12.1 Å². The largest absolute Gasteiger partial charge is 0.507 e. The maximum Gasteiger partial charge on any atom is 0.416 e. The molecule has 0 bridgehead atoms. The number of Topliss-reactive ketones (excluding diaryl/α,β-unsaturated/α-hetero) is 1. The first-order valence-corrected chi connectivity index (χ1v) is 10.9. The van der Waals surface area contributed by atoms with Gasteiger partial charge in [0.2, 0.25) is 0 Å². The van der Waals surface area contributed by atoms with Gasteiger partial charge in [-0.1, -0.05) is 35.9 Å². The molecule has 0 radical (unpaired) electrons. The van der Waals surface area contributed by atoms with Gasteiger partial charge in [0.25, 0.3) is 11.7 Å². The number of halogens is 3. The van der Waals surface area contributed by atoms with Gasteiger partial charge in [0.05, 0.1) is 23.8 Å².